The average Bonchev–Trinajstić information content (AvgIpc) is 2.85. The molecule has 1 atom stereocenters. The van der Waals surface area contributed by atoms with E-state index in [0.29, 0.717) is 26.1 Å². The predicted molar refractivity (Wildman–Crippen MR) is 126 cm³/mol. The molecule has 0 saturated carbocycles. The number of amides is 1. The number of aryl methyl sites for hydroxylation is 2. The van der Waals surface area contributed by atoms with Crippen molar-refractivity contribution in [3.63, 3.8) is 0 Å². The number of pyridine rings is 1. The molecule has 1 saturated heterocycles. The van der Waals surface area contributed by atoms with Gasteiger partial charge in [-0.15, -0.1) is 0 Å². The summed E-state index contributed by atoms with van der Waals surface area (Å²) in [6, 6.07) is 18.4. The van der Waals surface area contributed by atoms with E-state index in [-0.39, 0.29) is 17.8 Å². The van der Waals surface area contributed by atoms with Gasteiger partial charge in [0, 0.05) is 24.2 Å². The van der Waals surface area contributed by atoms with Gasteiger partial charge in [-0.05, 0) is 61.2 Å². The summed E-state index contributed by atoms with van der Waals surface area (Å²) >= 11 is 0. The highest BCUT2D eigenvalue weighted by Gasteiger charge is 2.26. The van der Waals surface area contributed by atoms with Crippen LogP contribution in [0.3, 0.4) is 0 Å². The van der Waals surface area contributed by atoms with Gasteiger partial charge in [-0.2, -0.15) is 0 Å². The molecule has 3 aromatic rings. The average molecular weight is 449 g/mol. The summed E-state index contributed by atoms with van der Waals surface area (Å²) in [6.07, 6.45) is 1.67. The summed E-state index contributed by atoms with van der Waals surface area (Å²) in [5.41, 5.74) is 4.76. The van der Waals surface area contributed by atoms with Crippen LogP contribution in [-0.4, -0.2) is 42.6 Å². The van der Waals surface area contributed by atoms with Gasteiger partial charge in [-0.1, -0.05) is 30.3 Å². The maximum absolute atomic E-state index is 13.1. The molecular formula is C27H29FN2O3. The number of carbonyl (C=O) groups excluding carboxylic acids is 1. The van der Waals surface area contributed by atoms with Gasteiger partial charge in [0.05, 0.1) is 26.0 Å². The van der Waals surface area contributed by atoms with Crippen LogP contribution in [0.1, 0.15) is 35.9 Å². The summed E-state index contributed by atoms with van der Waals surface area (Å²) in [7, 11) is 1.66. The molecule has 33 heavy (non-hydrogen) atoms. The van der Waals surface area contributed by atoms with Gasteiger partial charge in [0.25, 0.3) is 0 Å². The predicted octanol–water partition coefficient (Wildman–Crippen LogP) is 5.13. The van der Waals surface area contributed by atoms with Crippen LogP contribution in [0.25, 0.3) is 11.1 Å². The van der Waals surface area contributed by atoms with Crippen molar-refractivity contribution in [1.82, 2.24) is 9.88 Å². The first-order valence-electron chi connectivity index (χ1n) is 11.3. The van der Waals surface area contributed by atoms with E-state index in [0.717, 1.165) is 46.7 Å². The van der Waals surface area contributed by atoms with Crippen LogP contribution in [0, 0.1) is 12.7 Å². The third-order valence-electron chi connectivity index (χ3n) is 5.91. The van der Waals surface area contributed by atoms with Crippen molar-refractivity contribution in [3.05, 3.63) is 83.4 Å². The Kier molecular flexibility index (Phi) is 7.35. The fourth-order valence-electron chi connectivity index (χ4n) is 4.21. The van der Waals surface area contributed by atoms with Crippen LogP contribution in [0.5, 0.6) is 5.75 Å². The van der Waals surface area contributed by atoms with Crippen LogP contribution in [0.15, 0.2) is 60.7 Å². The number of para-hydroxylation sites is 1. The molecule has 0 radical (unpaired) electrons. The molecule has 0 aliphatic carbocycles. The van der Waals surface area contributed by atoms with Crippen molar-refractivity contribution in [2.45, 2.75) is 32.3 Å². The molecule has 0 spiro atoms. The van der Waals surface area contributed by atoms with Gasteiger partial charge in [0.1, 0.15) is 17.7 Å². The van der Waals surface area contributed by atoms with E-state index >= 15 is 0 Å². The van der Waals surface area contributed by atoms with Crippen molar-refractivity contribution < 1.29 is 18.7 Å². The second kappa shape index (κ2) is 10.6. The molecule has 6 heteroatoms. The molecule has 1 aliphatic rings. The van der Waals surface area contributed by atoms with Gasteiger partial charge in [0.15, 0.2) is 0 Å². The molecule has 2 aromatic carbocycles. The van der Waals surface area contributed by atoms with E-state index in [1.165, 1.54) is 12.1 Å². The molecule has 1 fully saturated rings. The Labute approximate surface area is 194 Å². The maximum atomic E-state index is 13.1. The highest BCUT2D eigenvalue weighted by Crippen LogP contribution is 2.32. The second-order valence-electron chi connectivity index (χ2n) is 8.30. The first kappa shape index (κ1) is 22.9. The minimum absolute atomic E-state index is 0.114. The summed E-state index contributed by atoms with van der Waals surface area (Å²) in [5.74, 6) is 0.674. The lowest BCUT2D eigenvalue weighted by molar-refractivity contribution is -0.139. The van der Waals surface area contributed by atoms with E-state index in [4.69, 9.17) is 14.5 Å². The zero-order valence-corrected chi connectivity index (χ0v) is 19.1. The van der Waals surface area contributed by atoms with Gasteiger partial charge in [-0.3, -0.25) is 9.78 Å². The highest BCUT2D eigenvalue weighted by atomic mass is 19.1. The highest BCUT2D eigenvalue weighted by molar-refractivity contribution is 5.76. The SMILES string of the molecule is COc1ccccc1-c1cc(C)nc(C2CN(C(=O)CCCc3ccc(F)cc3)CCO2)c1. The van der Waals surface area contributed by atoms with Crippen molar-refractivity contribution >= 4 is 5.91 Å². The molecule has 0 N–H and O–H groups in total. The smallest absolute Gasteiger partial charge is 0.222 e. The van der Waals surface area contributed by atoms with Crippen LogP contribution >= 0.6 is 0 Å². The van der Waals surface area contributed by atoms with Gasteiger partial charge < -0.3 is 14.4 Å². The van der Waals surface area contributed by atoms with Crippen LogP contribution in [0.4, 0.5) is 4.39 Å². The number of halogens is 1. The molecule has 2 heterocycles. The molecule has 0 bridgehead atoms. The van der Waals surface area contributed by atoms with E-state index in [1.54, 1.807) is 19.2 Å². The number of ether oxygens (including phenoxy) is 2. The minimum atomic E-state index is -0.270. The molecule has 172 valence electrons. The summed E-state index contributed by atoms with van der Waals surface area (Å²) in [6.45, 7) is 3.51. The second-order valence-corrected chi connectivity index (χ2v) is 8.30. The fraction of sp³-hybridized carbons (Fsp3) is 0.333. The normalized spacial score (nSPS) is 16.0. The standard InChI is InChI=1S/C27H29FN2O3/c1-19-16-21(23-7-3-4-8-25(23)32-2)17-24(29-19)26-18-30(14-15-33-26)27(31)9-5-6-20-10-12-22(28)13-11-20/h3-4,7-8,10-13,16-17,26H,5-6,9,14-15,18H2,1-2H3. The molecule has 1 aromatic heterocycles. The molecular weight excluding hydrogens is 419 g/mol. The maximum Gasteiger partial charge on any atom is 0.222 e. The third-order valence-corrected chi connectivity index (χ3v) is 5.91. The summed E-state index contributed by atoms with van der Waals surface area (Å²) < 4.78 is 24.6. The van der Waals surface area contributed by atoms with Crippen molar-refractivity contribution in [2.24, 2.45) is 0 Å². The van der Waals surface area contributed by atoms with Crippen molar-refractivity contribution in [1.29, 1.82) is 0 Å². The lowest BCUT2D eigenvalue weighted by Gasteiger charge is -2.33. The Hall–Kier alpha value is -3.25. The number of aromatic nitrogens is 1. The monoisotopic (exact) mass is 448 g/mol. The Morgan fingerprint density at radius 3 is 2.76 bits per heavy atom. The van der Waals surface area contributed by atoms with Crippen LogP contribution in [-0.2, 0) is 16.0 Å². The zero-order chi connectivity index (χ0) is 23.2. The molecule has 1 unspecified atom stereocenters. The van der Waals surface area contributed by atoms with Crippen molar-refractivity contribution in [2.75, 3.05) is 26.8 Å². The number of benzene rings is 2. The summed E-state index contributed by atoms with van der Waals surface area (Å²) in [4.78, 5) is 19.4. The number of nitrogens with zero attached hydrogens (tertiary/aromatic N) is 2. The number of hydrogen-bond donors (Lipinski definition) is 0. The molecule has 1 amide bonds. The number of carbonyl (C=O) groups is 1. The van der Waals surface area contributed by atoms with Crippen LogP contribution in [0.2, 0.25) is 0 Å². The van der Waals surface area contributed by atoms with Crippen molar-refractivity contribution in [3.8, 4) is 16.9 Å². The Bertz CT molecular complexity index is 1100. The lowest BCUT2D eigenvalue weighted by Crippen LogP contribution is -2.42. The lowest BCUT2D eigenvalue weighted by atomic mass is 10.0. The van der Waals surface area contributed by atoms with Gasteiger partial charge >= 0.3 is 0 Å². The molecule has 4 rings (SSSR count). The van der Waals surface area contributed by atoms with Crippen LogP contribution < -0.4 is 4.74 Å². The van der Waals surface area contributed by atoms with E-state index in [1.807, 2.05) is 48.2 Å². The van der Waals surface area contributed by atoms with E-state index in [9.17, 15) is 9.18 Å². The largest absolute Gasteiger partial charge is 0.496 e. The minimum Gasteiger partial charge on any atom is -0.496 e. The number of hydrogen-bond acceptors (Lipinski definition) is 4. The first-order valence-corrected chi connectivity index (χ1v) is 11.3. The Morgan fingerprint density at radius 1 is 1.18 bits per heavy atom. The number of rotatable bonds is 7. The van der Waals surface area contributed by atoms with E-state index in [2.05, 4.69) is 0 Å². The fourth-order valence-corrected chi connectivity index (χ4v) is 4.21. The van der Waals surface area contributed by atoms with Gasteiger partial charge in [-0.25, -0.2) is 4.39 Å². The molecule has 5 nitrogen and oxygen atoms in total. The first-order chi connectivity index (χ1) is 16.0. The third kappa shape index (κ3) is 5.76. The quantitative estimate of drug-likeness (QED) is 0.503. The van der Waals surface area contributed by atoms with Gasteiger partial charge in [0.2, 0.25) is 5.91 Å². The molecule has 1 aliphatic heterocycles. The Balaban J connectivity index is 1.42. The Morgan fingerprint density at radius 2 is 1.97 bits per heavy atom. The number of methoxy groups -OCH3 is 1. The number of morpholine rings is 1. The summed E-state index contributed by atoms with van der Waals surface area (Å²) in [5, 5.41) is 0. The van der Waals surface area contributed by atoms with E-state index < -0.39 is 0 Å². The zero-order valence-electron chi connectivity index (χ0n) is 19.1. The topological polar surface area (TPSA) is 51.7 Å².